The van der Waals surface area contributed by atoms with Crippen molar-refractivity contribution in [1.29, 1.82) is 0 Å². The number of rotatable bonds is 4. The molecule has 2 aromatic carbocycles. The van der Waals surface area contributed by atoms with Gasteiger partial charge in [0.15, 0.2) is 0 Å². The number of halogens is 1. The minimum Gasteiger partial charge on any atom is -0.362 e. The van der Waals surface area contributed by atoms with Crippen molar-refractivity contribution in [2.24, 2.45) is 0 Å². The maximum atomic E-state index is 13.1. The molecule has 29 heavy (non-hydrogen) atoms. The monoisotopic (exact) mass is 411 g/mol. The molecule has 2 heterocycles. The van der Waals surface area contributed by atoms with E-state index in [1.165, 1.54) is 29.5 Å². The Kier molecular flexibility index (Phi) is 5.26. The summed E-state index contributed by atoms with van der Waals surface area (Å²) < 4.78 is 13.1. The van der Waals surface area contributed by atoms with E-state index in [-0.39, 0.29) is 22.3 Å². The molecular formula is C21H18FN3O3S. The average molecular weight is 411 g/mol. The van der Waals surface area contributed by atoms with Gasteiger partial charge in [0, 0.05) is 37.1 Å². The Morgan fingerprint density at radius 3 is 2.34 bits per heavy atom. The lowest BCUT2D eigenvalue weighted by Crippen LogP contribution is -2.48. The van der Waals surface area contributed by atoms with E-state index in [0.717, 1.165) is 10.4 Å². The first-order valence-corrected chi connectivity index (χ1v) is 9.98. The van der Waals surface area contributed by atoms with Gasteiger partial charge in [-0.25, -0.2) is 4.39 Å². The lowest BCUT2D eigenvalue weighted by Gasteiger charge is -2.35. The molecule has 6 nitrogen and oxygen atoms in total. The number of hydrogen-bond donors (Lipinski definition) is 0. The Morgan fingerprint density at radius 1 is 0.966 bits per heavy atom. The van der Waals surface area contributed by atoms with E-state index in [2.05, 4.69) is 0 Å². The summed E-state index contributed by atoms with van der Waals surface area (Å²) in [6.07, 6.45) is 0. The first-order chi connectivity index (χ1) is 14.0. The number of carbonyl (C=O) groups excluding carboxylic acids is 1. The van der Waals surface area contributed by atoms with Crippen LogP contribution in [0.4, 0.5) is 15.8 Å². The van der Waals surface area contributed by atoms with Crippen molar-refractivity contribution in [3.05, 3.63) is 81.5 Å². The van der Waals surface area contributed by atoms with Crippen LogP contribution in [0.3, 0.4) is 0 Å². The van der Waals surface area contributed by atoms with E-state index in [1.54, 1.807) is 41.3 Å². The summed E-state index contributed by atoms with van der Waals surface area (Å²) in [6, 6.07) is 16.5. The van der Waals surface area contributed by atoms with Gasteiger partial charge in [-0.3, -0.25) is 14.9 Å². The number of nitrogens with zero attached hydrogens (tertiary/aromatic N) is 3. The molecule has 1 aromatic heterocycles. The summed E-state index contributed by atoms with van der Waals surface area (Å²) in [4.78, 5) is 29.0. The van der Waals surface area contributed by atoms with Crippen LogP contribution in [0.15, 0.2) is 60.7 Å². The van der Waals surface area contributed by atoms with Crippen LogP contribution in [0.2, 0.25) is 0 Å². The molecule has 0 N–H and O–H groups in total. The fourth-order valence-electron chi connectivity index (χ4n) is 3.41. The van der Waals surface area contributed by atoms with Crippen molar-refractivity contribution >= 4 is 28.6 Å². The highest BCUT2D eigenvalue weighted by molar-refractivity contribution is 7.17. The predicted octanol–water partition coefficient (Wildman–Crippen LogP) is 4.42. The van der Waals surface area contributed by atoms with Crippen LogP contribution in [-0.4, -0.2) is 41.9 Å². The largest absolute Gasteiger partial charge is 0.362 e. The number of nitro groups is 1. The second-order valence-corrected chi connectivity index (χ2v) is 7.78. The molecule has 1 aliphatic rings. The molecule has 0 aliphatic carbocycles. The van der Waals surface area contributed by atoms with Gasteiger partial charge in [-0.1, -0.05) is 24.3 Å². The van der Waals surface area contributed by atoms with Crippen LogP contribution >= 0.6 is 11.3 Å². The number of para-hydroxylation sites is 2. The molecule has 148 valence electrons. The molecule has 1 fully saturated rings. The highest BCUT2D eigenvalue weighted by Gasteiger charge is 2.26. The fraction of sp³-hybridized carbons (Fsp3) is 0.190. The number of anilines is 1. The van der Waals surface area contributed by atoms with Crippen LogP contribution in [0, 0.1) is 15.9 Å². The lowest BCUT2D eigenvalue weighted by molar-refractivity contribution is -0.384. The summed E-state index contributed by atoms with van der Waals surface area (Å²) in [5, 5.41) is 11.3. The summed E-state index contributed by atoms with van der Waals surface area (Å²) in [5.41, 5.74) is 1.53. The maximum absolute atomic E-state index is 13.1. The van der Waals surface area contributed by atoms with Gasteiger partial charge in [-0.2, -0.15) is 0 Å². The molecule has 0 saturated carbocycles. The Morgan fingerprint density at radius 2 is 1.66 bits per heavy atom. The van der Waals surface area contributed by atoms with E-state index in [0.29, 0.717) is 36.7 Å². The zero-order valence-electron chi connectivity index (χ0n) is 15.5. The Balaban J connectivity index is 1.43. The molecule has 4 rings (SSSR count). The van der Waals surface area contributed by atoms with Crippen molar-refractivity contribution in [3.8, 4) is 10.4 Å². The standard InChI is InChI=1S/C21H18FN3O3S/c22-16-7-5-15(6-8-16)19-9-10-20(29-19)21(26)24-13-11-23(12-14-24)17-3-1-2-4-18(17)25(27)28/h1-10H,11-14H2. The number of carbonyl (C=O) groups is 1. The third-order valence-electron chi connectivity index (χ3n) is 4.93. The number of nitro benzene ring substituents is 1. The first kappa shape index (κ1) is 19.1. The van der Waals surface area contributed by atoms with Crippen LogP contribution in [0.5, 0.6) is 0 Å². The molecule has 3 aromatic rings. The Labute approximate surface area is 171 Å². The van der Waals surface area contributed by atoms with Crippen LogP contribution in [0.25, 0.3) is 10.4 Å². The normalized spacial score (nSPS) is 14.1. The molecule has 0 radical (unpaired) electrons. The Bertz CT molecular complexity index is 1040. The topological polar surface area (TPSA) is 66.7 Å². The molecular weight excluding hydrogens is 393 g/mol. The molecule has 0 spiro atoms. The van der Waals surface area contributed by atoms with Gasteiger partial charge in [0.25, 0.3) is 11.6 Å². The zero-order chi connectivity index (χ0) is 20.4. The average Bonchev–Trinajstić information content (AvgIpc) is 3.24. The smallest absolute Gasteiger partial charge is 0.292 e. The minimum atomic E-state index is -0.379. The summed E-state index contributed by atoms with van der Waals surface area (Å²) in [5.74, 6) is -0.344. The number of amides is 1. The van der Waals surface area contributed by atoms with Gasteiger partial charge >= 0.3 is 0 Å². The van der Waals surface area contributed by atoms with Crippen LogP contribution in [-0.2, 0) is 0 Å². The second kappa shape index (κ2) is 8.00. The van der Waals surface area contributed by atoms with E-state index in [1.807, 2.05) is 11.0 Å². The molecule has 0 bridgehead atoms. The molecule has 1 saturated heterocycles. The maximum Gasteiger partial charge on any atom is 0.292 e. The fourth-order valence-corrected chi connectivity index (χ4v) is 4.39. The summed E-state index contributed by atoms with van der Waals surface area (Å²) in [7, 11) is 0. The van der Waals surface area contributed by atoms with Crippen molar-refractivity contribution in [1.82, 2.24) is 4.90 Å². The van der Waals surface area contributed by atoms with Crippen molar-refractivity contribution in [2.75, 3.05) is 31.1 Å². The van der Waals surface area contributed by atoms with Crippen LogP contribution in [0.1, 0.15) is 9.67 Å². The van der Waals surface area contributed by atoms with Crippen molar-refractivity contribution in [3.63, 3.8) is 0 Å². The molecule has 0 atom stereocenters. The van der Waals surface area contributed by atoms with Gasteiger partial charge in [0.2, 0.25) is 0 Å². The summed E-state index contributed by atoms with van der Waals surface area (Å²) in [6.45, 7) is 2.06. The van der Waals surface area contributed by atoms with E-state index >= 15 is 0 Å². The van der Waals surface area contributed by atoms with Gasteiger partial charge in [-0.05, 0) is 35.9 Å². The predicted molar refractivity (Wildman–Crippen MR) is 111 cm³/mol. The number of benzene rings is 2. The van der Waals surface area contributed by atoms with E-state index in [9.17, 15) is 19.3 Å². The number of hydrogen-bond acceptors (Lipinski definition) is 5. The molecule has 1 aliphatic heterocycles. The highest BCUT2D eigenvalue weighted by Crippen LogP contribution is 2.31. The molecule has 1 amide bonds. The first-order valence-electron chi connectivity index (χ1n) is 9.16. The quantitative estimate of drug-likeness (QED) is 0.471. The lowest BCUT2D eigenvalue weighted by atomic mass is 10.2. The second-order valence-electron chi connectivity index (χ2n) is 6.70. The van der Waals surface area contributed by atoms with E-state index < -0.39 is 0 Å². The van der Waals surface area contributed by atoms with Gasteiger partial charge in [-0.15, -0.1) is 11.3 Å². The Hall–Kier alpha value is -3.26. The van der Waals surface area contributed by atoms with Crippen molar-refractivity contribution < 1.29 is 14.1 Å². The zero-order valence-corrected chi connectivity index (χ0v) is 16.3. The number of piperazine rings is 1. The van der Waals surface area contributed by atoms with Gasteiger partial charge < -0.3 is 9.80 Å². The molecule has 0 unspecified atom stereocenters. The third kappa shape index (κ3) is 3.97. The molecule has 8 heteroatoms. The van der Waals surface area contributed by atoms with Crippen LogP contribution < -0.4 is 4.90 Å². The minimum absolute atomic E-state index is 0.0504. The summed E-state index contributed by atoms with van der Waals surface area (Å²) >= 11 is 1.38. The van der Waals surface area contributed by atoms with Gasteiger partial charge in [0.05, 0.1) is 9.80 Å². The van der Waals surface area contributed by atoms with Gasteiger partial charge in [0.1, 0.15) is 11.5 Å². The van der Waals surface area contributed by atoms with E-state index in [4.69, 9.17) is 0 Å². The van der Waals surface area contributed by atoms with Crippen molar-refractivity contribution in [2.45, 2.75) is 0 Å². The highest BCUT2D eigenvalue weighted by atomic mass is 32.1. The third-order valence-corrected chi connectivity index (χ3v) is 6.05. The SMILES string of the molecule is O=C(c1ccc(-c2ccc(F)cc2)s1)N1CCN(c2ccccc2[N+](=O)[O-])CC1. The number of thiophene rings is 1.